The summed E-state index contributed by atoms with van der Waals surface area (Å²) in [6, 6.07) is 21.1. The minimum absolute atomic E-state index is 0. The fourth-order valence-electron chi connectivity index (χ4n) is 6.28. The van der Waals surface area contributed by atoms with E-state index in [0.717, 1.165) is 55.2 Å². The third-order valence-corrected chi connectivity index (χ3v) is 11.0. The Kier molecular flexibility index (Phi) is 13.4. The number of nitrogens with zero attached hydrogens (tertiary/aromatic N) is 2. The zero-order valence-corrected chi connectivity index (χ0v) is 34.1. The maximum Gasteiger partial charge on any atom is 0.164 e. The number of ketones is 1. The Balaban J connectivity index is 0.000000312. The molecule has 5 rings (SSSR count). The largest absolute Gasteiger partial charge is 0.512 e. The number of pyridine rings is 2. The summed E-state index contributed by atoms with van der Waals surface area (Å²) in [6.07, 6.45) is 8.80. The van der Waals surface area contributed by atoms with Crippen LogP contribution in [0.5, 0.6) is 0 Å². The van der Waals surface area contributed by atoms with Gasteiger partial charge in [0.25, 0.3) is 0 Å². The normalized spacial score (nSPS) is 13.3. The summed E-state index contributed by atoms with van der Waals surface area (Å²) in [5.74, 6) is 0.733. The molecule has 5 heteroatoms. The van der Waals surface area contributed by atoms with E-state index < -0.39 is 0 Å². The molecule has 0 fully saturated rings. The third kappa shape index (κ3) is 8.78. The molecule has 2 heterocycles. The van der Waals surface area contributed by atoms with Gasteiger partial charge in [-0.2, -0.15) is 0 Å². The number of aliphatic hydroxyl groups is 1. The van der Waals surface area contributed by atoms with Crippen LogP contribution in [0.25, 0.3) is 33.2 Å². The van der Waals surface area contributed by atoms with E-state index in [4.69, 9.17) is 9.97 Å². The third-order valence-electron chi connectivity index (χ3n) is 11.0. The van der Waals surface area contributed by atoms with Crippen LogP contribution >= 0.6 is 0 Å². The van der Waals surface area contributed by atoms with Crippen molar-refractivity contribution in [2.24, 2.45) is 10.8 Å². The molecule has 0 spiro atoms. The van der Waals surface area contributed by atoms with Crippen LogP contribution in [0, 0.1) is 16.9 Å². The van der Waals surface area contributed by atoms with Crippen LogP contribution in [-0.2, 0) is 43.2 Å². The monoisotopic (exact) mass is 838 g/mol. The molecule has 2 aromatic heterocycles. The number of benzene rings is 2. The molecule has 0 aliphatic heterocycles. The topological polar surface area (TPSA) is 63.1 Å². The smallest absolute Gasteiger partial charge is 0.164 e. The minimum atomic E-state index is -0.337. The van der Waals surface area contributed by atoms with Crippen molar-refractivity contribution >= 4 is 16.6 Å². The van der Waals surface area contributed by atoms with Gasteiger partial charge in [-0.15, -0.1) is 29.1 Å². The van der Waals surface area contributed by atoms with Crippen molar-refractivity contribution in [3.8, 4) is 22.4 Å². The van der Waals surface area contributed by atoms with Crippen LogP contribution in [-0.4, -0.2) is 20.9 Å². The van der Waals surface area contributed by atoms with Crippen LogP contribution in [0.1, 0.15) is 130 Å². The van der Waals surface area contributed by atoms with Gasteiger partial charge in [0.15, 0.2) is 5.78 Å². The van der Waals surface area contributed by atoms with Gasteiger partial charge in [0, 0.05) is 65.9 Å². The minimum Gasteiger partial charge on any atom is -0.512 e. The first-order chi connectivity index (χ1) is 22.6. The molecule has 2 aromatic carbocycles. The van der Waals surface area contributed by atoms with E-state index in [9.17, 15) is 9.90 Å². The number of carbonyl (C=O) groups excluding carboxylic acids is 1. The van der Waals surface area contributed by atoms with Gasteiger partial charge in [0.05, 0.1) is 0 Å². The molecule has 0 saturated carbocycles. The van der Waals surface area contributed by atoms with Crippen molar-refractivity contribution < 1.29 is 30.0 Å². The number of aryl methyl sites for hydroxylation is 2. The van der Waals surface area contributed by atoms with E-state index >= 15 is 0 Å². The van der Waals surface area contributed by atoms with E-state index in [0.29, 0.717) is 5.92 Å². The Morgan fingerprint density at radius 3 is 2.10 bits per heavy atom. The molecule has 1 aliphatic carbocycles. The summed E-state index contributed by atoms with van der Waals surface area (Å²) in [5.41, 5.74) is 9.05. The zero-order valence-electron chi connectivity index (χ0n) is 31.7. The fraction of sp³-hybridized carbons (Fsp3) is 0.477. The van der Waals surface area contributed by atoms with Gasteiger partial charge in [0.2, 0.25) is 0 Å². The molecule has 4 aromatic rings. The summed E-state index contributed by atoms with van der Waals surface area (Å²) in [5, 5.41) is 12.6. The number of aromatic nitrogens is 2. The van der Waals surface area contributed by atoms with Crippen LogP contribution in [0.2, 0.25) is 0 Å². The Bertz CT molecular complexity index is 1790. The van der Waals surface area contributed by atoms with E-state index in [-0.39, 0.29) is 47.9 Å². The summed E-state index contributed by atoms with van der Waals surface area (Å²) < 4.78 is 0. The quantitative estimate of drug-likeness (QED) is 0.104. The maximum atomic E-state index is 12.2. The first kappa shape index (κ1) is 40.3. The summed E-state index contributed by atoms with van der Waals surface area (Å²) in [4.78, 5) is 22.0. The molecule has 4 nitrogen and oxygen atoms in total. The van der Waals surface area contributed by atoms with Crippen molar-refractivity contribution in [2.45, 2.75) is 126 Å². The second-order valence-electron chi connectivity index (χ2n) is 15.4. The average Bonchev–Trinajstić information content (AvgIpc) is 3.09. The van der Waals surface area contributed by atoms with Crippen molar-refractivity contribution in [2.75, 3.05) is 0 Å². The number of aliphatic hydroxyl groups excluding tert-OH is 1. The summed E-state index contributed by atoms with van der Waals surface area (Å²) >= 11 is 0. The van der Waals surface area contributed by atoms with Gasteiger partial charge in [-0.1, -0.05) is 117 Å². The molecular formula is C44H57IrN2O2-. The van der Waals surface area contributed by atoms with Gasteiger partial charge >= 0.3 is 0 Å². The van der Waals surface area contributed by atoms with Gasteiger partial charge < -0.3 is 5.11 Å². The van der Waals surface area contributed by atoms with E-state index in [1.54, 1.807) is 0 Å². The number of fused-ring (bicyclic) bond motifs is 4. The van der Waals surface area contributed by atoms with Crippen LogP contribution in [0.4, 0.5) is 0 Å². The van der Waals surface area contributed by atoms with E-state index in [2.05, 4.69) is 95.4 Å². The number of hydrogen-bond donors (Lipinski definition) is 1. The van der Waals surface area contributed by atoms with E-state index in [1.165, 1.54) is 45.1 Å². The molecule has 0 unspecified atom stereocenters. The molecule has 49 heavy (non-hydrogen) atoms. The van der Waals surface area contributed by atoms with Crippen molar-refractivity contribution in [3.05, 3.63) is 95.1 Å². The number of rotatable bonds is 9. The van der Waals surface area contributed by atoms with Crippen molar-refractivity contribution in [1.29, 1.82) is 0 Å². The van der Waals surface area contributed by atoms with Crippen LogP contribution in [0.3, 0.4) is 0 Å². The summed E-state index contributed by atoms with van der Waals surface area (Å²) in [7, 11) is 0. The Hall–Kier alpha value is -3.14. The van der Waals surface area contributed by atoms with Gasteiger partial charge in [-0.25, -0.2) is 0 Å². The van der Waals surface area contributed by atoms with Crippen molar-refractivity contribution in [3.63, 3.8) is 0 Å². The second-order valence-corrected chi connectivity index (χ2v) is 15.4. The molecule has 0 saturated heterocycles. The Labute approximate surface area is 309 Å². The zero-order chi connectivity index (χ0) is 35.4. The molecular weight excluding hydrogens is 781 g/mol. The molecule has 1 N–H and O–H groups in total. The molecule has 1 aliphatic rings. The predicted molar refractivity (Wildman–Crippen MR) is 203 cm³/mol. The average molecular weight is 838 g/mol. The molecule has 0 atom stereocenters. The maximum absolute atomic E-state index is 12.2. The fourth-order valence-corrected chi connectivity index (χ4v) is 6.28. The van der Waals surface area contributed by atoms with Gasteiger partial charge in [-0.05, 0) is 67.1 Å². The van der Waals surface area contributed by atoms with Crippen LogP contribution < -0.4 is 0 Å². The second kappa shape index (κ2) is 16.3. The van der Waals surface area contributed by atoms with Crippen molar-refractivity contribution in [1.82, 2.24) is 9.97 Å². The molecule has 0 amide bonds. The molecule has 1 radical (unpaired) electrons. The molecule has 265 valence electrons. The predicted octanol–water partition coefficient (Wildman–Crippen LogP) is 11.9. The number of allylic oxidation sites excluding steroid dienone is 2. The van der Waals surface area contributed by atoms with E-state index in [1.807, 2.05) is 41.5 Å². The first-order valence-corrected chi connectivity index (χ1v) is 18.0. The molecule has 0 bridgehead atoms. The number of hydrogen-bond acceptors (Lipinski definition) is 4. The Morgan fingerprint density at radius 2 is 1.51 bits per heavy atom. The summed E-state index contributed by atoms with van der Waals surface area (Å²) in [6.45, 7) is 23.3. The SMILES string of the molecule is CC(C)c1ccc2c(n1)CCc1cnc(-c3[c-]c4ccccc4c(C(C)(C)C)c3)cc1-2.CCC(C)(CC)C(=O)/C=C(\O)C(C)(CC)CC.[Ir]. The first-order valence-electron chi connectivity index (χ1n) is 18.0. The standard InChI is InChI=1S/C29H29N2.C15H28O2.Ir/c1-18(2)26-13-11-23-24-16-28(30-17-20(24)10-12-27(23)31-26)21-14-19-8-6-7-9-22(19)25(15-21)29(3,4)5;1-7-14(5,8-2)12(16)11-13(17)15(6,9-3)10-4;/h6-9,11,13,15-18H,10,12H2,1-5H3;11,16H,7-10H2,1-6H3;/q-1;;/b;12-11-;. The Morgan fingerprint density at radius 1 is 0.878 bits per heavy atom. The van der Waals surface area contributed by atoms with Crippen LogP contribution in [0.15, 0.2) is 66.6 Å². The van der Waals surface area contributed by atoms with Gasteiger partial charge in [-0.3, -0.25) is 14.8 Å². The van der Waals surface area contributed by atoms with Gasteiger partial charge in [0.1, 0.15) is 5.76 Å². The number of carbonyl (C=O) groups is 1.